The van der Waals surface area contributed by atoms with Crippen LogP contribution in [0.25, 0.3) is 5.70 Å². The van der Waals surface area contributed by atoms with Crippen molar-refractivity contribution in [3.8, 4) is 0 Å². The summed E-state index contributed by atoms with van der Waals surface area (Å²) < 4.78 is 0. The van der Waals surface area contributed by atoms with Gasteiger partial charge < -0.3 is 5.32 Å². The lowest BCUT2D eigenvalue weighted by atomic mass is 9.90. The molecule has 0 aromatic heterocycles. The summed E-state index contributed by atoms with van der Waals surface area (Å²) in [4.78, 5) is 23.1. The van der Waals surface area contributed by atoms with Crippen molar-refractivity contribution in [2.45, 2.75) is 25.0 Å². The number of rotatable bonds is 3. The molecule has 2 N–H and O–H groups in total. The van der Waals surface area contributed by atoms with Crippen molar-refractivity contribution in [3.63, 3.8) is 0 Å². The number of non-ortho nitro benzene ring substituents is 1. The molecule has 3 unspecified atom stereocenters. The maximum Gasteiger partial charge on any atom is 0.269 e. The highest BCUT2D eigenvalue weighted by molar-refractivity contribution is 6.34. The van der Waals surface area contributed by atoms with E-state index in [9.17, 15) is 14.9 Å². The number of nitro benzene ring substituents is 1. The topological polar surface area (TPSA) is 87.5 Å². The van der Waals surface area contributed by atoms with Gasteiger partial charge in [-0.2, -0.15) is 0 Å². The first-order chi connectivity index (χ1) is 13.3. The summed E-state index contributed by atoms with van der Waals surface area (Å²) in [6.45, 7) is 1.98. The number of carbonyl (C=O) groups is 1. The number of nitrogens with zero attached hydrogens (tertiary/aromatic N) is 2. The summed E-state index contributed by atoms with van der Waals surface area (Å²) in [6, 6.07) is 11.4. The molecule has 2 aliphatic rings. The summed E-state index contributed by atoms with van der Waals surface area (Å²) in [5.74, 6) is -0.290. The Hall–Kier alpha value is -2.61. The van der Waals surface area contributed by atoms with Crippen LogP contribution < -0.4 is 10.7 Å². The van der Waals surface area contributed by atoms with Gasteiger partial charge in [0.1, 0.15) is 6.17 Å². The lowest BCUT2D eigenvalue weighted by Crippen LogP contribution is -2.52. The first-order valence-electron chi connectivity index (χ1n) is 8.62. The minimum atomic E-state index is -0.458. The van der Waals surface area contributed by atoms with E-state index in [1.807, 2.05) is 19.1 Å². The molecule has 2 aromatic rings. The largest absolute Gasteiger partial charge is 0.363 e. The molecule has 144 valence electrons. The molecule has 0 spiro atoms. The standard InChI is InChI=1S/C19H16Cl2N4O3/c1-10-18(12-6-13(20)8-14(21)7-12)19-22-16(9-17(26)24(19)23-10)11-2-4-15(5-3-11)25(27)28/h2-10,18-19,22-23H,1H3. The Labute approximate surface area is 171 Å². The second-order valence-electron chi connectivity index (χ2n) is 6.81. The lowest BCUT2D eigenvalue weighted by Gasteiger charge is -2.33. The molecular weight excluding hydrogens is 403 g/mol. The highest BCUT2D eigenvalue weighted by Gasteiger charge is 2.44. The number of hydrogen-bond donors (Lipinski definition) is 2. The van der Waals surface area contributed by atoms with Gasteiger partial charge in [-0.1, -0.05) is 23.2 Å². The number of fused-ring (bicyclic) bond motifs is 1. The Kier molecular flexibility index (Phi) is 4.74. The van der Waals surface area contributed by atoms with Crippen LogP contribution in [0.15, 0.2) is 48.5 Å². The Balaban J connectivity index is 1.68. The average molecular weight is 419 g/mol. The van der Waals surface area contributed by atoms with Gasteiger partial charge in [0.15, 0.2) is 0 Å². The predicted molar refractivity (Wildman–Crippen MR) is 107 cm³/mol. The van der Waals surface area contributed by atoms with Crippen LogP contribution in [-0.4, -0.2) is 28.0 Å². The molecule has 3 atom stereocenters. The molecular formula is C19H16Cl2N4O3. The molecule has 4 rings (SSSR count). The third-order valence-corrected chi connectivity index (χ3v) is 5.40. The number of halogens is 2. The Morgan fingerprint density at radius 3 is 2.36 bits per heavy atom. The lowest BCUT2D eigenvalue weighted by molar-refractivity contribution is -0.384. The number of hydrazine groups is 1. The van der Waals surface area contributed by atoms with Crippen molar-refractivity contribution in [2.75, 3.05) is 0 Å². The quantitative estimate of drug-likeness (QED) is 0.586. The predicted octanol–water partition coefficient (Wildman–Crippen LogP) is 3.69. The molecule has 9 heteroatoms. The van der Waals surface area contributed by atoms with E-state index in [4.69, 9.17) is 23.2 Å². The van der Waals surface area contributed by atoms with E-state index in [0.717, 1.165) is 5.56 Å². The molecule has 2 aliphatic heterocycles. The second-order valence-corrected chi connectivity index (χ2v) is 7.68. The molecule has 2 heterocycles. The number of nitro groups is 1. The van der Waals surface area contributed by atoms with Gasteiger partial charge in [0, 0.05) is 45.9 Å². The number of carbonyl (C=O) groups excluding carboxylic acids is 1. The highest BCUT2D eigenvalue weighted by atomic mass is 35.5. The van der Waals surface area contributed by atoms with Crippen molar-refractivity contribution in [1.82, 2.24) is 15.8 Å². The van der Waals surface area contributed by atoms with Gasteiger partial charge in [-0.3, -0.25) is 19.9 Å². The van der Waals surface area contributed by atoms with Crippen LogP contribution in [0, 0.1) is 10.1 Å². The van der Waals surface area contributed by atoms with Crippen molar-refractivity contribution >= 4 is 40.5 Å². The van der Waals surface area contributed by atoms with Crippen molar-refractivity contribution < 1.29 is 9.72 Å². The third-order valence-electron chi connectivity index (χ3n) is 4.97. The van der Waals surface area contributed by atoms with E-state index >= 15 is 0 Å². The van der Waals surface area contributed by atoms with Gasteiger partial charge in [-0.25, -0.2) is 5.43 Å². The van der Waals surface area contributed by atoms with Crippen LogP contribution in [0.5, 0.6) is 0 Å². The summed E-state index contributed by atoms with van der Waals surface area (Å²) in [7, 11) is 0. The molecule has 0 radical (unpaired) electrons. The summed E-state index contributed by atoms with van der Waals surface area (Å²) in [5, 5.41) is 16.9. The van der Waals surface area contributed by atoms with E-state index in [2.05, 4.69) is 10.7 Å². The zero-order valence-corrected chi connectivity index (χ0v) is 16.2. The van der Waals surface area contributed by atoms with Gasteiger partial charge in [0.05, 0.1) is 4.92 Å². The van der Waals surface area contributed by atoms with Gasteiger partial charge in [-0.15, -0.1) is 0 Å². The summed E-state index contributed by atoms with van der Waals surface area (Å²) in [6.07, 6.45) is 1.12. The van der Waals surface area contributed by atoms with Crippen LogP contribution >= 0.6 is 23.2 Å². The average Bonchev–Trinajstić information content (AvgIpc) is 2.97. The Morgan fingerprint density at radius 2 is 1.75 bits per heavy atom. The van der Waals surface area contributed by atoms with Crippen LogP contribution in [0.3, 0.4) is 0 Å². The SMILES string of the molecule is CC1NN2C(=O)C=C(c3ccc([N+](=O)[O-])cc3)NC2C1c1cc(Cl)cc(Cl)c1. The van der Waals surface area contributed by atoms with Crippen molar-refractivity contribution in [3.05, 3.63) is 79.8 Å². The normalized spacial score (nSPS) is 23.8. The Bertz CT molecular complexity index is 973. The highest BCUT2D eigenvalue weighted by Crippen LogP contribution is 2.36. The molecule has 7 nitrogen and oxygen atoms in total. The first kappa shape index (κ1) is 18.7. The molecule has 2 aromatic carbocycles. The fourth-order valence-electron chi connectivity index (χ4n) is 3.73. The van der Waals surface area contributed by atoms with Crippen molar-refractivity contribution in [2.24, 2.45) is 0 Å². The van der Waals surface area contributed by atoms with Crippen LogP contribution in [0.4, 0.5) is 5.69 Å². The zero-order valence-electron chi connectivity index (χ0n) is 14.7. The van der Waals surface area contributed by atoms with E-state index in [-0.39, 0.29) is 29.7 Å². The van der Waals surface area contributed by atoms with Crippen LogP contribution in [0.2, 0.25) is 10.0 Å². The fourth-order valence-corrected chi connectivity index (χ4v) is 4.27. The Morgan fingerprint density at radius 1 is 1.11 bits per heavy atom. The fraction of sp³-hybridized carbons (Fsp3) is 0.211. The van der Waals surface area contributed by atoms with Gasteiger partial charge in [-0.05, 0) is 48.4 Å². The molecule has 0 saturated carbocycles. The number of nitrogens with one attached hydrogen (secondary N) is 2. The summed E-state index contributed by atoms with van der Waals surface area (Å²) in [5.41, 5.74) is 5.40. The van der Waals surface area contributed by atoms with E-state index in [1.165, 1.54) is 18.2 Å². The van der Waals surface area contributed by atoms with E-state index < -0.39 is 4.92 Å². The maximum absolute atomic E-state index is 12.7. The monoisotopic (exact) mass is 418 g/mol. The maximum atomic E-state index is 12.7. The van der Waals surface area contributed by atoms with Gasteiger partial charge >= 0.3 is 0 Å². The summed E-state index contributed by atoms with van der Waals surface area (Å²) >= 11 is 12.3. The number of benzene rings is 2. The minimum absolute atomic E-state index is 0.00397. The molecule has 1 fully saturated rings. The minimum Gasteiger partial charge on any atom is -0.363 e. The third kappa shape index (κ3) is 3.32. The number of hydrogen-bond acceptors (Lipinski definition) is 5. The molecule has 1 saturated heterocycles. The van der Waals surface area contributed by atoms with Crippen molar-refractivity contribution in [1.29, 1.82) is 0 Å². The van der Waals surface area contributed by atoms with E-state index in [0.29, 0.717) is 21.3 Å². The van der Waals surface area contributed by atoms with E-state index in [1.54, 1.807) is 23.2 Å². The van der Waals surface area contributed by atoms with Gasteiger partial charge in [0.2, 0.25) is 0 Å². The van der Waals surface area contributed by atoms with Gasteiger partial charge in [0.25, 0.3) is 11.6 Å². The molecule has 1 amide bonds. The smallest absolute Gasteiger partial charge is 0.269 e. The molecule has 0 aliphatic carbocycles. The number of amides is 1. The molecule has 28 heavy (non-hydrogen) atoms. The first-order valence-corrected chi connectivity index (χ1v) is 9.37. The van der Waals surface area contributed by atoms with Crippen LogP contribution in [-0.2, 0) is 4.79 Å². The van der Waals surface area contributed by atoms with Crippen LogP contribution in [0.1, 0.15) is 24.0 Å². The molecule has 0 bridgehead atoms. The second kappa shape index (κ2) is 7.09. The zero-order chi connectivity index (χ0) is 20.0.